The Bertz CT molecular complexity index is 239. The molecule has 0 unspecified atom stereocenters. The maximum Gasteiger partial charge on any atom is 0.369 e. The third-order valence-corrected chi connectivity index (χ3v) is 1.33. The summed E-state index contributed by atoms with van der Waals surface area (Å²) >= 11 is 0. The van der Waals surface area contributed by atoms with Crippen LogP contribution in [-0.2, 0) is 4.74 Å². The van der Waals surface area contributed by atoms with Gasteiger partial charge >= 0.3 is 5.97 Å². The van der Waals surface area contributed by atoms with Crippen LogP contribution >= 0.6 is 0 Å². The van der Waals surface area contributed by atoms with Gasteiger partial charge in [0.15, 0.2) is 7.11 Å². The summed E-state index contributed by atoms with van der Waals surface area (Å²) in [5, 5.41) is 0. The number of rotatable bonds is 1. The van der Waals surface area contributed by atoms with Crippen molar-refractivity contribution in [3.05, 3.63) is 43.0 Å². The quantitative estimate of drug-likeness (QED) is 0.339. The van der Waals surface area contributed by atoms with Gasteiger partial charge in [-0.1, -0.05) is 30.3 Å². The molecular formula is C9H10O2. The van der Waals surface area contributed by atoms with Crippen molar-refractivity contribution in [3.8, 4) is 0 Å². The van der Waals surface area contributed by atoms with Gasteiger partial charge in [0.25, 0.3) is 0 Å². The minimum Gasteiger partial charge on any atom is -0.466 e. The van der Waals surface area contributed by atoms with Crippen molar-refractivity contribution in [2.24, 2.45) is 0 Å². The lowest BCUT2D eigenvalue weighted by molar-refractivity contribution is -0.199. The second kappa shape index (κ2) is 3.66. The molecule has 1 rings (SSSR count). The van der Waals surface area contributed by atoms with Crippen LogP contribution in [0.4, 0.5) is 0 Å². The Morgan fingerprint density at radius 3 is 2.45 bits per heavy atom. The molecule has 11 heavy (non-hydrogen) atoms. The molecule has 1 aromatic rings. The summed E-state index contributed by atoms with van der Waals surface area (Å²) in [6.07, 6.45) is 0. The smallest absolute Gasteiger partial charge is 0.369 e. The highest BCUT2D eigenvalue weighted by molar-refractivity contribution is 5.89. The highest BCUT2D eigenvalue weighted by Gasteiger charge is 2.02. The Balaban J connectivity index is 2.92. The van der Waals surface area contributed by atoms with Crippen molar-refractivity contribution in [3.63, 3.8) is 0 Å². The first-order valence-electron chi connectivity index (χ1n) is 3.27. The van der Waals surface area contributed by atoms with Crippen LogP contribution in [0, 0.1) is 7.11 Å². The molecule has 0 heterocycles. The van der Waals surface area contributed by atoms with E-state index in [1.165, 1.54) is 0 Å². The number of benzene rings is 1. The minimum absolute atomic E-state index is 0.436. The van der Waals surface area contributed by atoms with Crippen LogP contribution in [-0.4, -0.2) is 13.1 Å². The Kier molecular flexibility index (Phi) is 2.55. The fourth-order valence-corrected chi connectivity index (χ4v) is 0.834. The van der Waals surface area contributed by atoms with Crippen molar-refractivity contribution >= 4 is 5.97 Å². The summed E-state index contributed by atoms with van der Waals surface area (Å²) in [6, 6.07) is 9.54. The third kappa shape index (κ3) is 1.74. The van der Waals surface area contributed by atoms with E-state index in [0.717, 1.165) is 5.56 Å². The van der Waals surface area contributed by atoms with E-state index in [-0.39, 0.29) is 0 Å². The number of hydrogen-bond donors (Lipinski definition) is 0. The Morgan fingerprint density at radius 1 is 1.36 bits per heavy atom. The van der Waals surface area contributed by atoms with E-state index in [4.69, 9.17) is 9.16 Å². The van der Waals surface area contributed by atoms with Crippen LogP contribution in [0.15, 0.2) is 30.3 Å². The lowest BCUT2D eigenvalue weighted by atomic mass is 10.2. The molecule has 0 radical (unpaired) electrons. The van der Waals surface area contributed by atoms with E-state index in [1.807, 2.05) is 30.3 Å². The van der Waals surface area contributed by atoms with Gasteiger partial charge in [-0.05, 0) is 0 Å². The molecule has 2 nitrogen and oxygen atoms in total. The number of carbonyl (C=O) groups excluding carboxylic acids is 1. The average Bonchev–Trinajstić information content (AvgIpc) is 2.09. The van der Waals surface area contributed by atoms with Gasteiger partial charge in [0.05, 0.1) is 0 Å². The largest absolute Gasteiger partial charge is 0.466 e. The predicted molar refractivity (Wildman–Crippen MR) is 43.1 cm³/mol. The van der Waals surface area contributed by atoms with Crippen molar-refractivity contribution < 1.29 is 9.16 Å². The molecule has 0 aliphatic heterocycles. The van der Waals surface area contributed by atoms with Gasteiger partial charge in [-0.3, -0.25) is 0 Å². The second-order valence-electron chi connectivity index (χ2n) is 2.00. The molecule has 1 aromatic carbocycles. The van der Waals surface area contributed by atoms with E-state index in [9.17, 15) is 0 Å². The standard InChI is InChI=1S/C9H10O2/c1-10-9(11-2)8-6-4-3-5-7-8/h3-7H,1H2,2H3. The number of ether oxygens (including phenoxy) is 1. The average molecular weight is 150 g/mol. The molecule has 0 amide bonds. The highest BCUT2D eigenvalue weighted by Crippen LogP contribution is 2.00. The molecule has 0 saturated heterocycles. The second-order valence-corrected chi connectivity index (χ2v) is 2.00. The lowest BCUT2D eigenvalue weighted by Gasteiger charge is -1.98. The zero-order chi connectivity index (χ0) is 8.10. The molecule has 0 bridgehead atoms. The molecular weight excluding hydrogens is 140 g/mol. The minimum atomic E-state index is 0.436. The van der Waals surface area contributed by atoms with Crippen LogP contribution in [0.1, 0.15) is 9.99 Å². The van der Waals surface area contributed by atoms with Gasteiger partial charge in [0.2, 0.25) is 0 Å². The Hall–Kier alpha value is -1.44. The number of hydrogen-bond acceptors (Lipinski definition) is 1. The van der Waals surface area contributed by atoms with Crippen molar-refractivity contribution in [2.45, 2.75) is 0 Å². The maximum absolute atomic E-state index is 4.92. The van der Waals surface area contributed by atoms with E-state index in [0.29, 0.717) is 5.97 Å². The van der Waals surface area contributed by atoms with Gasteiger partial charge in [-0.25, -0.2) is 0 Å². The zero-order valence-corrected chi connectivity index (χ0v) is 6.41. The maximum atomic E-state index is 4.92. The van der Waals surface area contributed by atoms with E-state index < -0.39 is 0 Å². The van der Waals surface area contributed by atoms with Gasteiger partial charge < -0.3 is 9.16 Å². The normalized spacial score (nSPS) is 11.2. The topological polar surface area (TPSA) is 20.5 Å². The molecule has 0 N–H and O–H groups in total. The first-order valence-corrected chi connectivity index (χ1v) is 3.27. The van der Waals surface area contributed by atoms with Crippen LogP contribution in [0.5, 0.6) is 0 Å². The van der Waals surface area contributed by atoms with Crippen LogP contribution < -0.4 is 0 Å². The third-order valence-electron chi connectivity index (χ3n) is 1.33. The number of esters is 1. The molecule has 0 spiro atoms. The summed E-state index contributed by atoms with van der Waals surface area (Å²) in [6.45, 7) is 0. The summed E-state index contributed by atoms with van der Waals surface area (Å²) < 4.78 is 9.65. The SMILES string of the molecule is [CH2-]/[O+]=C(\OC)c1ccccc1. The predicted octanol–water partition coefficient (Wildman–Crippen LogP) is 1.80. The summed E-state index contributed by atoms with van der Waals surface area (Å²) in [4.78, 5) is 0. The molecule has 0 aliphatic rings. The van der Waals surface area contributed by atoms with Crippen molar-refractivity contribution in [1.82, 2.24) is 0 Å². The van der Waals surface area contributed by atoms with Crippen LogP contribution in [0.3, 0.4) is 0 Å². The first-order chi connectivity index (χ1) is 5.38. The summed E-state index contributed by atoms with van der Waals surface area (Å²) in [7, 11) is 4.82. The van der Waals surface area contributed by atoms with Crippen molar-refractivity contribution in [1.29, 1.82) is 0 Å². The lowest BCUT2D eigenvalue weighted by Crippen LogP contribution is -2.02. The van der Waals surface area contributed by atoms with Gasteiger partial charge in [0, 0.05) is 12.7 Å². The van der Waals surface area contributed by atoms with E-state index in [2.05, 4.69) is 7.11 Å². The van der Waals surface area contributed by atoms with Crippen molar-refractivity contribution in [2.75, 3.05) is 7.11 Å². The van der Waals surface area contributed by atoms with E-state index in [1.54, 1.807) is 7.11 Å². The molecule has 0 aliphatic carbocycles. The van der Waals surface area contributed by atoms with E-state index >= 15 is 0 Å². The summed E-state index contributed by atoms with van der Waals surface area (Å²) in [5.74, 6) is 0.436. The molecule has 0 saturated carbocycles. The van der Waals surface area contributed by atoms with Crippen LogP contribution in [0.25, 0.3) is 0 Å². The Morgan fingerprint density at radius 2 is 2.00 bits per heavy atom. The fraction of sp³-hybridized carbons (Fsp3) is 0.111. The van der Waals surface area contributed by atoms with Gasteiger partial charge in [-0.15, -0.1) is 0 Å². The van der Waals surface area contributed by atoms with Crippen LogP contribution in [0.2, 0.25) is 0 Å². The summed E-state index contributed by atoms with van der Waals surface area (Å²) in [5.41, 5.74) is 0.894. The molecule has 0 fully saturated rings. The molecule has 2 heteroatoms. The van der Waals surface area contributed by atoms with Gasteiger partial charge in [-0.2, -0.15) is 0 Å². The zero-order valence-electron chi connectivity index (χ0n) is 6.41. The molecule has 0 atom stereocenters. The first kappa shape index (κ1) is 7.66. The molecule has 0 aromatic heterocycles. The fourth-order valence-electron chi connectivity index (χ4n) is 0.834. The number of methoxy groups -OCH3 is 1. The van der Waals surface area contributed by atoms with Gasteiger partial charge in [0.1, 0.15) is 0 Å². The Labute approximate surface area is 66.1 Å². The monoisotopic (exact) mass is 150 g/mol. The molecule has 58 valence electrons. The highest BCUT2D eigenvalue weighted by atomic mass is 16.6.